The maximum absolute atomic E-state index is 12.6. The predicted molar refractivity (Wildman–Crippen MR) is 103 cm³/mol. The van der Waals surface area contributed by atoms with Crippen LogP contribution in [-0.4, -0.2) is 50.5 Å². The molecule has 1 aromatic carbocycles. The monoisotopic (exact) mass is 340 g/mol. The van der Waals surface area contributed by atoms with Crippen LogP contribution in [0.25, 0.3) is 0 Å². The zero-order valence-electron chi connectivity index (χ0n) is 15.8. The molecule has 2 rings (SSSR count). The van der Waals surface area contributed by atoms with Crippen molar-refractivity contribution < 1.29 is 4.79 Å². The topological polar surface area (TPSA) is 48.5 Å². The molecule has 2 aromatic rings. The fourth-order valence-electron chi connectivity index (χ4n) is 2.79. The molecule has 0 aliphatic rings. The van der Waals surface area contributed by atoms with Crippen molar-refractivity contribution in [3.8, 4) is 0 Å². The number of hydrogen-bond donors (Lipinski definition) is 1. The van der Waals surface area contributed by atoms with Crippen molar-refractivity contribution in [2.45, 2.75) is 19.4 Å². The van der Waals surface area contributed by atoms with Crippen LogP contribution in [-0.2, 0) is 6.42 Å². The average Bonchev–Trinajstić information content (AvgIpc) is 2.62. The lowest BCUT2D eigenvalue weighted by Gasteiger charge is -2.25. The van der Waals surface area contributed by atoms with Crippen molar-refractivity contribution in [2.24, 2.45) is 0 Å². The molecule has 134 valence electrons. The minimum Gasteiger partial charge on any atom is -0.362 e. The van der Waals surface area contributed by atoms with E-state index < -0.39 is 0 Å². The molecule has 0 saturated carbocycles. The van der Waals surface area contributed by atoms with Gasteiger partial charge in [0.05, 0.1) is 11.6 Å². The highest BCUT2D eigenvalue weighted by molar-refractivity contribution is 5.98. The number of aromatic nitrogens is 1. The van der Waals surface area contributed by atoms with E-state index in [-0.39, 0.29) is 11.9 Å². The number of nitrogens with zero attached hydrogens (tertiary/aromatic N) is 3. The number of nitrogens with one attached hydrogen (secondary N) is 1. The molecule has 0 radical (unpaired) electrons. The third kappa shape index (κ3) is 4.79. The Morgan fingerprint density at radius 2 is 1.80 bits per heavy atom. The molecule has 5 nitrogen and oxygen atoms in total. The number of carbonyl (C=O) groups excluding carboxylic acids is 1. The number of aryl methyl sites for hydroxylation is 1. The second-order valence-corrected chi connectivity index (χ2v) is 6.55. The summed E-state index contributed by atoms with van der Waals surface area (Å²) < 4.78 is 0. The van der Waals surface area contributed by atoms with Crippen LogP contribution in [0.5, 0.6) is 0 Å². The standard InChI is InChI=1S/C20H28N4O/c1-6-15-9-11-16(12-10-15)18(23(2)3)14-22-20(25)17-8-7-13-21-19(17)24(4)5/h7-13,18H,6,14H2,1-5H3,(H,22,25). The Labute approximate surface area is 150 Å². The van der Waals surface area contributed by atoms with Gasteiger partial charge in [-0.2, -0.15) is 0 Å². The normalized spacial score (nSPS) is 12.1. The van der Waals surface area contributed by atoms with Crippen LogP contribution < -0.4 is 10.2 Å². The summed E-state index contributed by atoms with van der Waals surface area (Å²) in [5.41, 5.74) is 3.10. The molecule has 1 N–H and O–H groups in total. The first kappa shape index (κ1) is 18.9. The zero-order valence-corrected chi connectivity index (χ0v) is 15.8. The van der Waals surface area contributed by atoms with Gasteiger partial charge in [-0.05, 0) is 43.8 Å². The Bertz CT molecular complexity index is 695. The maximum atomic E-state index is 12.6. The molecule has 1 atom stereocenters. The Kier molecular flexibility index (Phi) is 6.53. The molecule has 0 bridgehead atoms. The molecule has 0 aliphatic carbocycles. The molecule has 1 unspecified atom stereocenters. The molecule has 25 heavy (non-hydrogen) atoms. The summed E-state index contributed by atoms with van der Waals surface area (Å²) in [5.74, 6) is 0.572. The number of carbonyl (C=O) groups is 1. The van der Waals surface area contributed by atoms with Crippen molar-refractivity contribution in [3.05, 3.63) is 59.3 Å². The second-order valence-electron chi connectivity index (χ2n) is 6.55. The van der Waals surface area contributed by atoms with Crippen molar-refractivity contribution in [3.63, 3.8) is 0 Å². The Morgan fingerprint density at radius 1 is 1.12 bits per heavy atom. The molecule has 1 heterocycles. The van der Waals surface area contributed by atoms with Gasteiger partial charge in [-0.25, -0.2) is 4.98 Å². The Morgan fingerprint density at radius 3 is 2.36 bits per heavy atom. The van der Waals surface area contributed by atoms with Crippen LogP contribution in [0.1, 0.15) is 34.5 Å². The van der Waals surface area contributed by atoms with Crippen molar-refractivity contribution in [2.75, 3.05) is 39.6 Å². The smallest absolute Gasteiger partial charge is 0.255 e. The van der Waals surface area contributed by atoms with Gasteiger partial charge in [-0.15, -0.1) is 0 Å². The van der Waals surface area contributed by atoms with Gasteiger partial charge in [-0.3, -0.25) is 4.79 Å². The summed E-state index contributed by atoms with van der Waals surface area (Å²) in [4.78, 5) is 20.9. The maximum Gasteiger partial charge on any atom is 0.255 e. The van der Waals surface area contributed by atoms with E-state index in [1.54, 1.807) is 18.3 Å². The van der Waals surface area contributed by atoms with Crippen LogP contribution >= 0.6 is 0 Å². The van der Waals surface area contributed by atoms with Crippen LogP contribution in [0, 0.1) is 0 Å². The number of hydrogen-bond acceptors (Lipinski definition) is 4. The number of amides is 1. The number of pyridine rings is 1. The van der Waals surface area contributed by atoms with Gasteiger partial charge in [0.2, 0.25) is 0 Å². The molecule has 1 aromatic heterocycles. The SMILES string of the molecule is CCc1ccc(C(CNC(=O)c2cccnc2N(C)C)N(C)C)cc1. The van der Waals surface area contributed by atoms with Gasteiger partial charge in [0.15, 0.2) is 0 Å². The van der Waals surface area contributed by atoms with E-state index in [9.17, 15) is 4.79 Å². The fraction of sp³-hybridized carbons (Fsp3) is 0.400. The third-order valence-corrected chi connectivity index (χ3v) is 4.31. The van der Waals surface area contributed by atoms with Crippen molar-refractivity contribution >= 4 is 11.7 Å². The van der Waals surface area contributed by atoms with E-state index >= 15 is 0 Å². The van der Waals surface area contributed by atoms with Gasteiger partial charge in [0.25, 0.3) is 5.91 Å². The first-order valence-electron chi connectivity index (χ1n) is 8.59. The summed E-state index contributed by atoms with van der Waals surface area (Å²) >= 11 is 0. The number of rotatable bonds is 7. The van der Waals surface area contributed by atoms with Crippen molar-refractivity contribution in [1.29, 1.82) is 0 Å². The number of anilines is 1. The minimum absolute atomic E-state index is 0.103. The van der Waals surface area contributed by atoms with Crippen molar-refractivity contribution in [1.82, 2.24) is 15.2 Å². The van der Waals surface area contributed by atoms with E-state index in [4.69, 9.17) is 0 Å². The molecule has 5 heteroatoms. The molecule has 0 aliphatic heterocycles. The first-order valence-corrected chi connectivity index (χ1v) is 8.59. The highest BCUT2D eigenvalue weighted by Gasteiger charge is 2.18. The van der Waals surface area contributed by atoms with Crippen LogP contribution in [0.2, 0.25) is 0 Å². The number of likely N-dealkylation sites (N-methyl/N-ethyl adjacent to an activating group) is 1. The zero-order chi connectivity index (χ0) is 18.4. The average molecular weight is 340 g/mol. The minimum atomic E-state index is -0.103. The van der Waals surface area contributed by atoms with Gasteiger partial charge in [0, 0.05) is 26.8 Å². The Hall–Kier alpha value is -2.40. The first-order chi connectivity index (χ1) is 11.9. The Balaban J connectivity index is 2.12. The largest absolute Gasteiger partial charge is 0.362 e. The molecule has 0 saturated heterocycles. The quantitative estimate of drug-likeness (QED) is 0.842. The lowest BCUT2D eigenvalue weighted by atomic mass is 10.0. The summed E-state index contributed by atoms with van der Waals surface area (Å²) in [5, 5.41) is 3.06. The highest BCUT2D eigenvalue weighted by atomic mass is 16.1. The second kappa shape index (κ2) is 8.62. The molecule has 0 fully saturated rings. The predicted octanol–water partition coefficient (Wildman–Crippen LogP) is 2.74. The van der Waals surface area contributed by atoms with E-state index in [1.165, 1.54) is 11.1 Å². The van der Waals surface area contributed by atoms with Gasteiger partial charge in [0.1, 0.15) is 5.82 Å². The van der Waals surface area contributed by atoms with E-state index in [0.29, 0.717) is 17.9 Å². The molecule has 1 amide bonds. The van der Waals surface area contributed by atoms with Crippen LogP contribution in [0.3, 0.4) is 0 Å². The molecular weight excluding hydrogens is 312 g/mol. The van der Waals surface area contributed by atoms with E-state index in [1.807, 2.05) is 33.1 Å². The van der Waals surface area contributed by atoms with E-state index in [0.717, 1.165) is 6.42 Å². The van der Waals surface area contributed by atoms with Crippen LogP contribution in [0.15, 0.2) is 42.6 Å². The highest BCUT2D eigenvalue weighted by Crippen LogP contribution is 2.19. The number of benzene rings is 1. The van der Waals surface area contributed by atoms with Gasteiger partial charge >= 0.3 is 0 Å². The van der Waals surface area contributed by atoms with Gasteiger partial charge < -0.3 is 15.1 Å². The summed E-state index contributed by atoms with van der Waals surface area (Å²) in [6.45, 7) is 2.69. The van der Waals surface area contributed by atoms with E-state index in [2.05, 4.69) is 46.4 Å². The summed E-state index contributed by atoms with van der Waals surface area (Å²) in [6, 6.07) is 12.3. The summed E-state index contributed by atoms with van der Waals surface area (Å²) in [7, 11) is 7.83. The lowest BCUT2D eigenvalue weighted by Crippen LogP contribution is -2.35. The lowest BCUT2D eigenvalue weighted by molar-refractivity contribution is 0.0942. The fourth-order valence-corrected chi connectivity index (χ4v) is 2.79. The molecular formula is C20H28N4O. The van der Waals surface area contributed by atoms with Crippen LogP contribution in [0.4, 0.5) is 5.82 Å². The van der Waals surface area contributed by atoms with Gasteiger partial charge in [-0.1, -0.05) is 31.2 Å². The molecule has 0 spiro atoms. The third-order valence-electron chi connectivity index (χ3n) is 4.31. The summed E-state index contributed by atoms with van der Waals surface area (Å²) in [6.07, 6.45) is 2.72.